The number of hydrogen-bond donors (Lipinski definition) is 3. The normalized spacial score (nSPS) is 14.6. The van der Waals surface area contributed by atoms with Gasteiger partial charge in [0.2, 0.25) is 0 Å². The van der Waals surface area contributed by atoms with E-state index in [2.05, 4.69) is 80.7 Å². The van der Waals surface area contributed by atoms with Crippen LogP contribution in [0.25, 0.3) is 0 Å². The maximum atomic E-state index is 12.6. The van der Waals surface area contributed by atoms with Crippen LogP contribution in [0.2, 0.25) is 0 Å². The Kier molecular flexibility index (Phi) is 39.7. The number of esters is 1. The molecule has 0 aliphatic rings. The third-order valence-electron chi connectivity index (χ3n) is 8.99. The molecule has 3 atom stereocenters. The van der Waals surface area contributed by atoms with Gasteiger partial charge in [-0.2, -0.15) is 0 Å². The van der Waals surface area contributed by atoms with E-state index in [0.717, 1.165) is 51.4 Å². The highest BCUT2D eigenvalue weighted by Gasteiger charge is 2.27. The van der Waals surface area contributed by atoms with Crippen molar-refractivity contribution in [2.75, 3.05) is 26.4 Å². The number of hydrogen-bond acceptors (Lipinski definition) is 8. The summed E-state index contributed by atoms with van der Waals surface area (Å²) in [4.78, 5) is 33.5. The highest BCUT2D eigenvalue weighted by molar-refractivity contribution is 7.47. The monoisotopic (exact) mass is 822 g/mol. The topological polar surface area (TPSA) is 155 Å². The van der Waals surface area contributed by atoms with E-state index in [4.69, 9.17) is 29.4 Å². The molecule has 0 spiro atoms. The molecule has 0 aromatic carbocycles. The maximum absolute atomic E-state index is 12.6. The number of rotatable bonds is 41. The molecule has 4 N–H and O–H groups in total. The predicted octanol–water partition coefficient (Wildman–Crippen LogP) is 12.2. The van der Waals surface area contributed by atoms with Gasteiger partial charge in [0.25, 0.3) is 0 Å². The number of phosphoric ester groups is 1. The van der Waals surface area contributed by atoms with Gasteiger partial charge in [-0.1, -0.05) is 164 Å². The van der Waals surface area contributed by atoms with Crippen LogP contribution in [0.3, 0.4) is 0 Å². The standard InChI is InChI=1S/C46H80NO9P/c1-3-5-7-9-11-13-15-17-19-21-22-23-24-26-28-30-32-34-36-38-45(48)56-43(41-54-57(51,52)55-42-44(47)46(49)50)40-53-39-37-35-33-31-29-27-25-20-18-16-14-12-10-8-6-4-2/h6,8,12,14,17-20,27,29,33,35,43-44H,3-5,7,9-11,13,15-16,21-26,28,30-32,34,36-42,47H2,1-2H3,(H,49,50)(H,51,52)/b8-6-,14-12-,19-17-,20-18-,29-27-,35-33-. The summed E-state index contributed by atoms with van der Waals surface area (Å²) in [6.07, 6.45) is 51.2. The maximum Gasteiger partial charge on any atom is 0.472 e. The molecule has 0 amide bonds. The first kappa shape index (κ1) is 54.4. The zero-order valence-electron chi connectivity index (χ0n) is 35.7. The van der Waals surface area contributed by atoms with Crippen LogP contribution in [0.5, 0.6) is 0 Å². The fourth-order valence-electron chi connectivity index (χ4n) is 5.60. The average Bonchev–Trinajstić information content (AvgIpc) is 3.19. The summed E-state index contributed by atoms with van der Waals surface area (Å²) in [5, 5.41) is 8.89. The molecule has 3 unspecified atom stereocenters. The van der Waals surface area contributed by atoms with Crippen molar-refractivity contribution in [2.24, 2.45) is 5.73 Å². The van der Waals surface area contributed by atoms with Gasteiger partial charge in [-0.15, -0.1) is 0 Å². The average molecular weight is 822 g/mol. The Morgan fingerprint density at radius 3 is 1.53 bits per heavy atom. The number of allylic oxidation sites excluding steroid dienone is 11. The second-order valence-corrected chi connectivity index (χ2v) is 15.9. The van der Waals surface area contributed by atoms with Crippen molar-refractivity contribution < 1.29 is 42.7 Å². The molecule has 0 aliphatic heterocycles. The molecule has 57 heavy (non-hydrogen) atoms. The lowest BCUT2D eigenvalue weighted by Gasteiger charge is -2.20. The van der Waals surface area contributed by atoms with Gasteiger partial charge in [0, 0.05) is 6.42 Å². The van der Waals surface area contributed by atoms with Gasteiger partial charge in [0.05, 0.1) is 26.4 Å². The van der Waals surface area contributed by atoms with Crippen LogP contribution in [0.15, 0.2) is 72.9 Å². The zero-order chi connectivity index (χ0) is 41.9. The summed E-state index contributed by atoms with van der Waals surface area (Å²) in [7, 11) is -4.64. The van der Waals surface area contributed by atoms with Crippen LogP contribution in [-0.2, 0) is 32.7 Å². The molecule has 0 saturated carbocycles. The summed E-state index contributed by atoms with van der Waals surface area (Å²) in [5.41, 5.74) is 5.35. The Morgan fingerprint density at radius 1 is 0.579 bits per heavy atom. The van der Waals surface area contributed by atoms with Crippen molar-refractivity contribution in [1.29, 1.82) is 0 Å². The summed E-state index contributed by atoms with van der Waals surface area (Å²) in [5.74, 6) is -1.82. The first-order valence-corrected chi connectivity index (χ1v) is 23.5. The Bertz CT molecular complexity index is 1180. The molecular formula is C46H80NO9P. The highest BCUT2D eigenvalue weighted by atomic mass is 31.2. The molecule has 0 saturated heterocycles. The Labute approximate surface area is 346 Å². The molecule has 0 fully saturated rings. The number of nitrogens with two attached hydrogens (primary N) is 1. The lowest BCUT2D eigenvalue weighted by Crippen LogP contribution is -2.34. The SMILES string of the molecule is CC/C=C\C/C=C\C/C=C\C/C=C\C/C=C\CCOCC(COP(=O)(O)OCC(N)C(=O)O)OC(=O)CCCCCCCCCCC/C=C\CCCCCCCC. The van der Waals surface area contributed by atoms with Crippen molar-refractivity contribution in [3.63, 3.8) is 0 Å². The fourth-order valence-corrected chi connectivity index (χ4v) is 6.38. The Morgan fingerprint density at radius 2 is 1.02 bits per heavy atom. The van der Waals surface area contributed by atoms with Crippen LogP contribution in [0.4, 0.5) is 0 Å². The number of aliphatic carboxylic acids is 1. The van der Waals surface area contributed by atoms with Gasteiger partial charge in [0.15, 0.2) is 0 Å². The van der Waals surface area contributed by atoms with E-state index < -0.39 is 45.1 Å². The van der Waals surface area contributed by atoms with E-state index in [1.54, 1.807) is 0 Å². The number of ether oxygens (including phenoxy) is 2. The summed E-state index contributed by atoms with van der Waals surface area (Å²) in [6, 6.07) is -1.49. The summed E-state index contributed by atoms with van der Waals surface area (Å²) in [6.45, 7) is 3.53. The molecule has 0 aromatic heterocycles. The van der Waals surface area contributed by atoms with Gasteiger partial charge < -0.3 is 25.2 Å². The minimum absolute atomic E-state index is 0.0411. The third-order valence-corrected chi connectivity index (χ3v) is 9.94. The minimum atomic E-state index is -4.64. The van der Waals surface area contributed by atoms with Gasteiger partial charge in [-0.25, -0.2) is 4.57 Å². The second kappa shape index (κ2) is 41.6. The predicted molar refractivity (Wildman–Crippen MR) is 235 cm³/mol. The first-order chi connectivity index (χ1) is 27.7. The number of phosphoric acid groups is 1. The molecule has 0 aromatic rings. The van der Waals surface area contributed by atoms with Gasteiger partial charge in [-0.3, -0.25) is 18.6 Å². The quantitative estimate of drug-likeness (QED) is 0.0235. The van der Waals surface area contributed by atoms with Crippen molar-refractivity contribution in [1.82, 2.24) is 0 Å². The molecule has 10 nitrogen and oxygen atoms in total. The molecule has 0 bridgehead atoms. The summed E-state index contributed by atoms with van der Waals surface area (Å²) < 4.78 is 33.2. The molecule has 0 heterocycles. The highest BCUT2D eigenvalue weighted by Crippen LogP contribution is 2.43. The van der Waals surface area contributed by atoms with Crippen molar-refractivity contribution >= 4 is 19.8 Å². The lowest BCUT2D eigenvalue weighted by molar-refractivity contribution is -0.154. The molecule has 0 radical (unpaired) electrons. The van der Waals surface area contributed by atoms with E-state index in [1.807, 2.05) is 6.08 Å². The molecule has 0 rings (SSSR count). The number of unbranched alkanes of at least 4 members (excludes halogenated alkanes) is 15. The zero-order valence-corrected chi connectivity index (χ0v) is 36.6. The van der Waals surface area contributed by atoms with E-state index >= 15 is 0 Å². The second-order valence-electron chi connectivity index (χ2n) is 14.4. The third kappa shape index (κ3) is 41.4. The van der Waals surface area contributed by atoms with E-state index in [9.17, 15) is 19.0 Å². The molecular weight excluding hydrogens is 741 g/mol. The summed E-state index contributed by atoms with van der Waals surface area (Å²) >= 11 is 0. The van der Waals surface area contributed by atoms with Crippen LogP contribution < -0.4 is 5.73 Å². The van der Waals surface area contributed by atoms with Crippen molar-refractivity contribution in [2.45, 2.75) is 180 Å². The van der Waals surface area contributed by atoms with E-state index in [0.29, 0.717) is 19.4 Å². The molecule has 328 valence electrons. The smallest absolute Gasteiger partial charge is 0.472 e. The molecule has 0 aliphatic carbocycles. The van der Waals surface area contributed by atoms with E-state index in [-0.39, 0.29) is 13.0 Å². The van der Waals surface area contributed by atoms with Crippen LogP contribution in [0.1, 0.15) is 168 Å². The van der Waals surface area contributed by atoms with Crippen molar-refractivity contribution in [3.05, 3.63) is 72.9 Å². The van der Waals surface area contributed by atoms with Gasteiger partial charge in [0.1, 0.15) is 12.1 Å². The minimum Gasteiger partial charge on any atom is -0.480 e. The Hall–Kier alpha value is -2.59. The number of carboxylic acid groups (broad SMARTS) is 1. The van der Waals surface area contributed by atoms with Crippen LogP contribution in [0, 0.1) is 0 Å². The van der Waals surface area contributed by atoms with E-state index in [1.165, 1.54) is 83.5 Å². The Balaban J connectivity index is 4.34. The molecule has 11 heteroatoms. The largest absolute Gasteiger partial charge is 0.480 e. The van der Waals surface area contributed by atoms with Crippen molar-refractivity contribution in [3.8, 4) is 0 Å². The van der Waals surface area contributed by atoms with Crippen LogP contribution >= 0.6 is 7.82 Å². The first-order valence-electron chi connectivity index (χ1n) is 22.0. The fraction of sp³-hybridized carbons (Fsp3) is 0.696. The number of carbonyl (C=O) groups excluding carboxylic acids is 1. The number of carboxylic acids is 1. The van der Waals surface area contributed by atoms with Crippen LogP contribution in [-0.4, -0.2) is 60.5 Å². The van der Waals surface area contributed by atoms with Gasteiger partial charge >= 0.3 is 19.8 Å². The van der Waals surface area contributed by atoms with Gasteiger partial charge in [-0.05, 0) is 70.6 Å². The lowest BCUT2D eigenvalue weighted by atomic mass is 10.1. The number of carbonyl (C=O) groups is 2.